The molecule has 0 fully saturated rings. The van der Waals surface area contributed by atoms with Crippen molar-refractivity contribution in [1.29, 1.82) is 0 Å². The second kappa shape index (κ2) is 5.33. The Morgan fingerprint density at radius 2 is 2.22 bits per heavy atom. The lowest BCUT2D eigenvalue weighted by Crippen LogP contribution is -2.01. The van der Waals surface area contributed by atoms with E-state index in [2.05, 4.69) is 13.5 Å². The van der Waals surface area contributed by atoms with Crippen molar-refractivity contribution in [2.45, 2.75) is 25.3 Å². The highest BCUT2D eigenvalue weighted by Crippen LogP contribution is 2.21. The molecule has 0 amide bonds. The fraction of sp³-hybridized carbons (Fsp3) is 0.667. The van der Waals surface area contributed by atoms with E-state index in [1.54, 1.807) is 0 Å². The Morgan fingerprint density at radius 1 is 1.67 bits per heavy atom. The third kappa shape index (κ3) is 5.01. The first-order valence-electron chi connectivity index (χ1n) is 3.07. The molecule has 0 spiro atoms. The van der Waals surface area contributed by atoms with Crippen LogP contribution in [0.15, 0.2) is 12.7 Å². The molecular formula is C6H12Cl2Si. The van der Waals surface area contributed by atoms with Crippen LogP contribution in [-0.4, -0.2) is 7.42 Å². The van der Waals surface area contributed by atoms with E-state index in [9.17, 15) is 0 Å². The van der Waals surface area contributed by atoms with Gasteiger partial charge in [0.2, 0.25) is 7.42 Å². The predicted molar refractivity (Wildman–Crippen MR) is 47.7 cm³/mol. The van der Waals surface area contributed by atoms with Crippen molar-refractivity contribution in [1.82, 2.24) is 0 Å². The second-order valence-corrected chi connectivity index (χ2v) is 7.48. The average molecular weight is 183 g/mol. The Hall–Kier alpha value is 0.537. The van der Waals surface area contributed by atoms with Crippen molar-refractivity contribution in [3.05, 3.63) is 12.7 Å². The topological polar surface area (TPSA) is 0 Å². The Bertz CT molecular complexity index is 83.1. The van der Waals surface area contributed by atoms with Crippen LogP contribution in [0.4, 0.5) is 0 Å². The molecule has 0 radical (unpaired) electrons. The quantitative estimate of drug-likeness (QED) is 0.357. The van der Waals surface area contributed by atoms with Crippen LogP contribution < -0.4 is 0 Å². The van der Waals surface area contributed by atoms with Crippen molar-refractivity contribution in [3.8, 4) is 0 Å². The van der Waals surface area contributed by atoms with Gasteiger partial charge >= 0.3 is 0 Å². The van der Waals surface area contributed by atoms with Gasteiger partial charge in [0.15, 0.2) is 0 Å². The van der Waals surface area contributed by atoms with Crippen LogP contribution in [-0.2, 0) is 0 Å². The zero-order valence-electron chi connectivity index (χ0n) is 5.61. The molecule has 0 saturated heterocycles. The van der Waals surface area contributed by atoms with E-state index in [-0.39, 0.29) is 0 Å². The Labute approximate surface area is 67.9 Å². The fourth-order valence-electron chi connectivity index (χ4n) is 0.507. The number of rotatable bonds is 4. The number of allylic oxidation sites excluding steroid dienone is 1. The van der Waals surface area contributed by atoms with Gasteiger partial charge in [0.05, 0.1) is 0 Å². The lowest BCUT2D eigenvalue weighted by Gasteiger charge is -2.07. The van der Waals surface area contributed by atoms with Crippen LogP contribution in [0, 0.1) is 0 Å². The monoisotopic (exact) mass is 182 g/mol. The minimum Gasteiger partial charge on any atom is -0.150 e. The molecule has 0 aliphatic carbocycles. The summed E-state index contributed by atoms with van der Waals surface area (Å²) in [5.41, 5.74) is 0.520. The van der Waals surface area contributed by atoms with Gasteiger partial charge in [0.1, 0.15) is 0 Å². The normalized spacial score (nSPS) is 13.8. The van der Waals surface area contributed by atoms with Gasteiger partial charge in [0.25, 0.3) is 0 Å². The molecule has 0 bridgehead atoms. The Morgan fingerprint density at radius 3 is 2.56 bits per heavy atom. The van der Waals surface area contributed by atoms with Crippen LogP contribution in [0.1, 0.15) is 19.8 Å². The van der Waals surface area contributed by atoms with Gasteiger partial charge in [-0.25, -0.2) is 0 Å². The third-order valence-electron chi connectivity index (χ3n) is 1.26. The molecule has 0 aromatic carbocycles. The maximum absolute atomic E-state index is 5.73. The van der Waals surface area contributed by atoms with Gasteiger partial charge in [-0.15, -0.1) is 6.58 Å². The van der Waals surface area contributed by atoms with E-state index in [1.807, 2.05) is 6.08 Å². The van der Waals surface area contributed by atoms with Gasteiger partial charge in [-0.2, -0.15) is 22.2 Å². The van der Waals surface area contributed by atoms with E-state index >= 15 is 0 Å². The highest BCUT2D eigenvalue weighted by Gasteiger charge is 2.11. The molecule has 1 unspecified atom stereocenters. The molecule has 0 N–H and O–H groups in total. The summed E-state index contributed by atoms with van der Waals surface area (Å²) in [4.78, 5) is 0. The van der Waals surface area contributed by atoms with Gasteiger partial charge in [-0.05, 0) is 18.4 Å². The molecule has 0 aliphatic heterocycles. The van der Waals surface area contributed by atoms with Crippen LogP contribution in [0.25, 0.3) is 0 Å². The molecule has 54 valence electrons. The Balaban J connectivity index is 3.26. The lowest BCUT2D eigenvalue weighted by molar-refractivity contribution is 0.807. The molecular weight excluding hydrogens is 171 g/mol. The van der Waals surface area contributed by atoms with Crippen molar-refractivity contribution in [2.75, 3.05) is 0 Å². The zero-order chi connectivity index (χ0) is 7.28. The molecule has 1 atom stereocenters. The molecule has 9 heavy (non-hydrogen) atoms. The van der Waals surface area contributed by atoms with E-state index in [0.717, 1.165) is 12.8 Å². The van der Waals surface area contributed by atoms with Gasteiger partial charge < -0.3 is 0 Å². The van der Waals surface area contributed by atoms with Crippen molar-refractivity contribution in [3.63, 3.8) is 0 Å². The van der Waals surface area contributed by atoms with E-state index in [1.165, 1.54) is 0 Å². The maximum atomic E-state index is 5.73. The molecule has 3 heteroatoms. The number of halogens is 2. The number of hydrogen-bond acceptors (Lipinski definition) is 0. The molecule has 0 heterocycles. The van der Waals surface area contributed by atoms with Crippen molar-refractivity contribution >= 4 is 29.6 Å². The fourth-order valence-corrected chi connectivity index (χ4v) is 1.71. The second-order valence-electron chi connectivity index (χ2n) is 2.18. The molecule has 0 nitrogen and oxygen atoms in total. The highest BCUT2D eigenvalue weighted by atomic mass is 35.7. The van der Waals surface area contributed by atoms with Gasteiger partial charge in [0, 0.05) is 0 Å². The van der Waals surface area contributed by atoms with E-state index in [4.69, 9.17) is 22.2 Å². The van der Waals surface area contributed by atoms with E-state index in [0.29, 0.717) is 5.54 Å². The first-order chi connectivity index (χ1) is 4.18. The zero-order valence-corrected chi connectivity index (χ0v) is 8.28. The molecule has 0 rings (SSSR count). The molecule has 0 aromatic rings. The molecule has 0 aromatic heterocycles. The summed E-state index contributed by atoms with van der Waals surface area (Å²) < 4.78 is 0. The SMILES string of the molecule is C=CCCC(C)[SiH](Cl)Cl. The summed E-state index contributed by atoms with van der Waals surface area (Å²) in [7, 11) is -1.40. The van der Waals surface area contributed by atoms with Crippen LogP contribution in [0.3, 0.4) is 0 Å². The Kier molecular flexibility index (Phi) is 5.65. The average Bonchev–Trinajstić information content (AvgIpc) is 1.82. The standard InChI is InChI=1S/C6H12Cl2Si/c1-3-4-5-6(2)9(7)8/h3,6,9H,1,4-5H2,2H3. The maximum Gasteiger partial charge on any atom is 0.239 e. The van der Waals surface area contributed by atoms with E-state index < -0.39 is 7.42 Å². The predicted octanol–water partition coefficient (Wildman–Crippen LogP) is 3.04. The van der Waals surface area contributed by atoms with Gasteiger partial charge in [-0.1, -0.05) is 13.0 Å². The third-order valence-corrected chi connectivity index (χ3v) is 5.03. The van der Waals surface area contributed by atoms with Crippen molar-refractivity contribution < 1.29 is 0 Å². The van der Waals surface area contributed by atoms with Gasteiger partial charge in [-0.3, -0.25) is 0 Å². The summed E-state index contributed by atoms with van der Waals surface area (Å²) in [6.45, 7) is 5.72. The highest BCUT2D eigenvalue weighted by molar-refractivity contribution is 7.34. The minimum absolute atomic E-state index is 0.520. The minimum atomic E-state index is -1.40. The smallest absolute Gasteiger partial charge is 0.150 e. The molecule has 0 aliphatic rings. The number of hydrogen-bond donors (Lipinski definition) is 0. The van der Waals surface area contributed by atoms with Crippen LogP contribution in [0.2, 0.25) is 5.54 Å². The summed E-state index contributed by atoms with van der Waals surface area (Å²) in [5.74, 6) is 0. The summed E-state index contributed by atoms with van der Waals surface area (Å²) >= 11 is 11.5. The first-order valence-corrected chi connectivity index (χ1v) is 7.23. The lowest BCUT2D eigenvalue weighted by atomic mass is 10.2. The summed E-state index contributed by atoms with van der Waals surface area (Å²) in [5, 5.41) is 0. The van der Waals surface area contributed by atoms with Crippen LogP contribution >= 0.6 is 22.2 Å². The summed E-state index contributed by atoms with van der Waals surface area (Å²) in [6.07, 6.45) is 4.03. The van der Waals surface area contributed by atoms with Crippen LogP contribution in [0.5, 0.6) is 0 Å². The molecule has 0 saturated carbocycles. The van der Waals surface area contributed by atoms with Crippen molar-refractivity contribution in [2.24, 2.45) is 0 Å². The largest absolute Gasteiger partial charge is 0.239 e. The first kappa shape index (κ1) is 9.54. The summed E-state index contributed by atoms with van der Waals surface area (Å²) in [6, 6.07) is 0.